The van der Waals surface area contributed by atoms with Gasteiger partial charge in [0.25, 0.3) is 0 Å². The van der Waals surface area contributed by atoms with Gasteiger partial charge in [0, 0.05) is 54.4 Å². The van der Waals surface area contributed by atoms with Gasteiger partial charge in [0.1, 0.15) is 11.6 Å². The number of piperidine rings is 1. The lowest BCUT2D eigenvalue weighted by Crippen LogP contribution is -2.42. The lowest BCUT2D eigenvalue weighted by molar-refractivity contribution is 0.249. The van der Waals surface area contributed by atoms with Crippen molar-refractivity contribution in [3.05, 3.63) is 72.6 Å². The molecule has 0 atom stereocenters. The molecule has 0 radical (unpaired) electrons. The van der Waals surface area contributed by atoms with E-state index in [2.05, 4.69) is 81.1 Å². The number of hydrogen-bond donors (Lipinski definition) is 1. The number of nitrogens with zero attached hydrogens (tertiary/aromatic N) is 5. The van der Waals surface area contributed by atoms with Crippen molar-refractivity contribution in [3.63, 3.8) is 0 Å². The van der Waals surface area contributed by atoms with Gasteiger partial charge in [-0.25, -0.2) is 9.97 Å². The highest BCUT2D eigenvalue weighted by atomic mass is 32.1. The summed E-state index contributed by atoms with van der Waals surface area (Å²) in [7, 11) is 4.33. The van der Waals surface area contributed by atoms with Gasteiger partial charge in [-0.15, -0.1) is 11.3 Å². The highest BCUT2D eigenvalue weighted by molar-refractivity contribution is 7.13. The SMILES string of the molecule is C=C(Nc1cc2cc(-c3cncs3)ccc2cn1)c1ccnc(N2CCC(N(C)C)CC2)c1. The molecular weight excluding hydrogens is 428 g/mol. The van der Waals surface area contributed by atoms with Crippen molar-refractivity contribution in [1.82, 2.24) is 19.9 Å². The molecule has 0 aliphatic carbocycles. The van der Waals surface area contributed by atoms with Crippen LogP contribution in [-0.2, 0) is 0 Å². The van der Waals surface area contributed by atoms with E-state index in [1.54, 1.807) is 11.3 Å². The average molecular weight is 457 g/mol. The zero-order valence-electron chi connectivity index (χ0n) is 19.0. The molecule has 4 heterocycles. The largest absolute Gasteiger partial charge is 0.356 e. The number of rotatable bonds is 6. The minimum Gasteiger partial charge on any atom is -0.356 e. The maximum Gasteiger partial charge on any atom is 0.130 e. The van der Waals surface area contributed by atoms with Crippen LogP contribution >= 0.6 is 11.3 Å². The van der Waals surface area contributed by atoms with Crippen LogP contribution in [0.25, 0.3) is 26.9 Å². The third kappa shape index (κ3) is 4.74. The second-order valence-electron chi connectivity index (χ2n) is 8.69. The normalized spacial score (nSPS) is 14.7. The van der Waals surface area contributed by atoms with Gasteiger partial charge in [-0.3, -0.25) is 4.98 Å². The van der Waals surface area contributed by atoms with E-state index in [0.717, 1.165) is 70.0 Å². The van der Waals surface area contributed by atoms with E-state index in [1.807, 2.05) is 30.2 Å². The topological polar surface area (TPSA) is 57.2 Å². The van der Waals surface area contributed by atoms with E-state index in [-0.39, 0.29) is 0 Å². The van der Waals surface area contributed by atoms with Crippen LogP contribution in [0.15, 0.2) is 67.1 Å². The molecule has 0 bridgehead atoms. The van der Waals surface area contributed by atoms with Crippen LogP contribution in [0.4, 0.5) is 11.6 Å². The maximum atomic E-state index is 4.62. The number of fused-ring (bicyclic) bond motifs is 1. The molecule has 168 valence electrons. The molecule has 1 aliphatic rings. The predicted octanol–water partition coefficient (Wildman–Crippen LogP) is 5.37. The van der Waals surface area contributed by atoms with Crippen LogP contribution in [0, 0.1) is 0 Å². The fourth-order valence-electron chi connectivity index (χ4n) is 4.34. The fourth-order valence-corrected chi connectivity index (χ4v) is 4.96. The Hall–Kier alpha value is -3.29. The molecule has 1 fully saturated rings. The summed E-state index contributed by atoms with van der Waals surface area (Å²) in [6, 6.07) is 13.2. The van der Waals surface area contributed by atoms with Crippen molar-refractivity contribution in [1.29, 1.82) is 0 Å². The fraction of sp³-hybridized carbons (Fsp3) is 0.269. The molecule has 0 saturated carbocycles. The number of hydrogen-bond acceptors (Lipinski definition) is 7. The maximum absolute atomic E-state index is 4.62. The molecule has 6 nitrogen and oxygen atoms in total. The Kier molecular flexibility index (Phi) is 6.07. The van der Waals surface area contributed by atoms with Gasteiger partial charge in [-0.05, 0) is 62.2 Å². The van der Waals surface area contributed by atoms with Gasteiger partial charge >= 0.3 is 0 Å². The van der Waals surface area contributed by atoms with E-state index in [1.165, 1.54) is 0 Å². The summed E-state index contributed by atoms with van der Waals surface area (Å²) in [6.07, 6.45) is 7.97. The van der Waals surface area contributed by atoms with Crippen LogP contribution in [0.3, 0.4) is 0 Å². The van der Waals surface area contributed by atoms with Gasteiger partial charge in [-0.2, -0.15) is 0 Å². The third-order valence-corrected chi connectivity index (χ3v) is 7.15. The first kappa shape index (κ1) is 21.6. The number of aromatic nitrogens is 3. The summed E-state index contributed by atoms with van der Waals surface area (Å²) >= 11 is 1.64. The average Bonchev–Trinajstić information content (AvgIpc) is 3.39. The summed E-state index contributed by atoms with van der Waals surface area (Å²) in [5.41, 5.74) is 4.86. The molecule has 0 spiro atoms. The molecule has 33 heavy (non-hydrogen) atoms. The minimum atomic E-state index is 0.650. The summed E-state index contributed by atoms with van der Waals surface area (Å²) in [5.74, 6) is 1.78. The molecule has 5 rings (SSSR count). The lowest BCUT2D eigenvalue weighted by atomic mass is 10.0. The van der Waals surface area contributed by atoms with Crippen molar-refractivity contribution >= 4 is 39.4 Å². The van der Waals surface area contributed by atoms with E-state index < -0.39 is 0 Å². The molecule has 4 aromatic rings. The van der Waals surface area contributed by atoms with Crippen LogP contribution in [0.1, 0.15) is 18.4 Å². The highest BCUT2D eigenvalue weighted by Gasteiger charge is 2.21. The monoisotopic (exact) mass is 456 g/mol. The molecular formula is C26H28N6S. The van der Waals surface area contributed by atoms with E-state index in [4.69, 9.17) is 0 Å². The van der Waals surface area contributed by atoms with Crippen LogP contribution in [0.2, 0.25) is 0 Å². The van der Waals surface area contributed by atoms with Gasteiger partial charge in [0.15, 0.2) is 0 Å². The van der Waals surface area contributed by atoms with Crippen molar-refractivity contribution in [2.45, 2.75) is 18.9 Å². The molecule has 1 aliphatic heterocycles. The third-order valence-electron chi connectivity index (χ3n) is 6.33. The first-order valence-electron chi connectivity index (χ1n) is 11.2. The Morgan fingerprint density at radius 2 is 1.91 bits per heavy atom. The Morgan fingerprint density at radius 3 is 2.67 bits per heavy atom. The van der Waals surface area contributed by atoms with Gasteiger partial charge in [0.05, 0.1) is 10.4 Å². The zero-order valence-corrected chi connectivity index (χ0v) is 19.8. The minimum absolute atomic E-state index is 0.650. The summed E-state index contributed by atoms with van der Waals surface area (Å²) in [6.45, 7) is 6.31. The second-order valence-corrected chi connectivity index (χ2v) is 9.57. The Balaban J connectivity index is 1.32. The number of pyridine rings is 2. The standard InChI is InChI=1S/C26H28N6S/c1-18(19-6-9-28-26(14-19)32-10-7-23(8-11-32)31(2)3)30-25-13-22-12-20(24-16-27-17-33-24)4-5-21(22)15-29-25/h4-6,9,12-17,23H,1,7-8,10-11H2,2-3H3,(H,29,30). The van der Waals surface area contributed by atoms with Gasteiger partial charge in [0.2, 0.25) is 0 Å². The smallest absolute Gasteiger partial charge is 0.130 e. The lowest BCUT2D eigenvalue weighted by Gasteiger charge is -2.36. The van der Waals surface area contributed by atoms with E-state index in [9.17, 15) is 0 Å². The number of benzene rings is 1. The predicted molar refractivity (Wildman–Crippen MR) is 139 cm³/mol. The van der Waals surface area contributed by atoms with Gasteiger partial charge in [-0.1, -0.05) is 18.7 Å². The quantitative estimate of drug-likeness (QED) is 0.421. The molecule has 1 N–H and O–H groups in total. The van der Waals surface area contributed by atoms with Crippen LogP contribution in [0.5, 0.6) is 0 Å². The van der Waals surface area contributed by atoms with Gasteiger partial charge < -0.3 is 15.1 Å². The zero-order chi connectivity index (χ0) is 22.8. The highest BCUT2D eigenvalue weighted by Crippen LogP contribution is 2.29. The van der Waals surface area contributed by atoms with Crippen LogP contribution in [-0.4, -0.2) is 53.1 Å². The molecule has 1 aromatic carbocycles. The van der Waals surface area contributed by atoms with E-state index >= 15 is 0 Å². The summed E-state index contributed by atoms with van der Waals surface area (Å²) in [4.78, 5) is 19.3. The molecule has 1 saturated heterocycles. The number of thiazole rings is 1. The number of anilines is 2. The van der Waals surface area contributed by atoms with Crippen molar-refractivity contribution in [2.24, 2.45) is 0 Å². The summed E-state index contributed by atoms with van der Waals surface area (Å²) in [5, 5.41) is 5.62. The molecule has 0 unspecified atom stereocenters. The van der Waals surface area contributed by atoms with Crippen molar-refractivity contribution in [3.8, 4) is 10.4 Å². The van der Waals surface area contributed by atoms with Crippen molar-refractivity contribution < 1.29 is 0 Å². The Labute approximate surface area is 198 Å². The first-order valence-corrected chi connectivity index (χ1v) is 12.1. The molecule has 0 amide bonds. The van der Waals surface area contributed by atoms with Crippen LogP contribution < -0.4 is 10.2 Å². The van der Waals surface area contributed by atoms with E-state index in [0.29, 0.717) is 6.04 Å². The Morgan fingerprint density at radius 1 is 1.06 bits per heavy atom. The molecule has 7 heteroatoms. The Bertz CT molecular complexity index is 1260. The molecule has 3 aromatic heterocycles. The summed E-state index contributed by atoms with van der Waals surface area (Å²) < 4.78 is 0. The number of nitrogens with one attached hydrogen (secondary N) is 1. The second kappa shape index (κ2) is 9.29. The first-order chi connectivity index (χ1) is 16.1. The van der Waals surface area contributed by atoms with Crippen molar-refractivity contribution in [2.75, 3.05) is 37.4 Å².